The van der Waals surface area contributed by atoms with Crippen molar-refractivity contribution in [1.82, 2.24) is 0 Å². The minimum absolute atomic E-state index is 0.0362. The topological polar surface area (TPSA) is 18.5 Å². The van der Waals surface area contributed by atoms with E-state index in [2.05, 4.69) is 13.0 Å². The minimum atomic E-state index is -4.72. The van der Waals surface area contributed by atoms with Crippen molar-refractivity contribution in [3.8, 4) is 0 Å². The molecule has 0 radical (unpaired) electrons. The lowest BCUT2D eigenvalue weighted by Crippen LogP contribution is -2.38. The summed E-state index contributed by atoms with van der Waals surface area (Å²) in [4.78, 5) is 0. The molecule has 208 valence electrons. The lowest BCUT2D eigenvalue weighted by atomic mass is 9.67. The van der Waals surface area contributed by atoms with Crippen molar-refractivity contribution in [2.24, 2.45) is 23.7 Å². The fourth-order valence-electron chi connectivity index (χ4n) is 6.80. The van der Waals surface area contributed by atoms with Gasteiger partial charge in [0.25, 0.3) is 0 Å². The van der Waals surface area contributed by atoms with Crippen LogP contribution in [-0.2, 0) is 15.9 Å². The molecule has 1 aromatic rings. The highest BCUT2D eigenvalue weighted by atomic mass is 19.4. The smallest absolute Gasteiger partial charge is 0.346 e. The van der Waals surface area contributed by atoms with Crippen LogP contribution in [0.15, 0.2) is 30.1 Å². The van der Waals surface area contributed by atoms with Crippen LogP contribution in [0.3, 0.4) is 0 Å². The molecule has 2 nitrogen and oxygen atoms in total. The number of halogens is 5. The van der Waals surface area contributed by atoms with Crippen molar-refractivity contribution >= 4 is 0 Å². The summed E-state index contributed by atoms with van der Waals surface area (Å²) < 4.78 is 76.2. The molecular formula is C30H41F5O2. The molecule has 0 N–H and O–H groups in total. The Morgan fingerprint density at radius 1 is 0.865 bits per heavy atom. The molecule has 0 unspecified atom stereocenters. The van der Waals surface area contributed by atoms with Gasteiger partial charge in [0.1, 0.15) is 5.82 Å². The summed E-state index contributed by atoms with van der Waals surface area (Å²) in [6.07, 6.45) is 6.45. The van der Waals surface area contributed by atoms with E-state index in [1.54, 1.807) is 6.07 Å². The Morgan fingerprint density at radius 2 is 1.43 bits per heavy atom. The summed E-state index contributed by atoms with van der Waals surface area (Å²) in [7, 11) is 0. The maximum Gasteiger partial charge on any atom is 0.412 e. The van der Waals surface area contributed by atoms with Gasteiger partial charge in [-0.3, -0.25) is 0 Å². The predicted molar refractivity (Wildman–Crippen MR) is 134 cm³/mol. The summed E-state index contributed by atoms with van der Waals surface area (Å²) >= 11 is 0. The molecule has 0 bridgehead atoms. The fraction of sp³-hybridized carbons (Fsp3) is 0.733. The third-order valence-electron chi connectivity index (χ3n) is 8.95. The molecule has 0 spiro atoms. The highest BCUT2D eigenvalue weighted by Crippen LogP contribution is 2.46. The van der Waals surface area contributed by atoms with Crippen LogP contribution in [0.2, 0.25) is 0 Å². The van der Waals surface area contributed by atoms with Gasteiger partial charge in [-0.2, -0.15) is 13.2 Å². The Labute approximate surface area is 218 Å². The van der Waals surface area contributed by atoms with E-state index in [0.717, 1.165) is 75.3 Å². The summed E-state index contributed by atoms with van der Waals surface area (Å²) in [5.74, 6) is 0.701. The van der Waals surface area contributed by atoms with Crippen LogP contribution in [-0.4, -0.2) is 25.7 Å². The van der Waals surface area contributed by atoms with Gasteiger partial charge in [-0.05, 0) is 105 Å². The molecule has 3 aliphatic rings. The molecule has 3 fully saturated rings. The van der Waals surface area contributed by atoms with Crippen LogP contribution in [0.5, 0.6) is 0 Å². The first-order chi connectivity index (χ1) is 17.7. The van der Waals surface area contributed by atoms with E-state index in [4.69, 9.17) is 9.47 Å². The van der Waals surface area contributed by atoms with Crippen LogP contribution in [0.25, 0.3) is 0 Å². The normalized spacial score (nSPS) is 31.9. The molecule has 1 heterocycles. The zero-order chi connectivity index (χ0) is 26.4. The van der Waals surface area contributed by atoms with Gasteiger partial charge in [0.15, 0.2) is 5.83 Å². The van der Waals surface area contributed by atoms with Crippen LogP contribution >= 0.6 is 0 Å². The van der Waals surface area contributed by atoms with Crippen LogP contribution in [0.4, 0.5) is 22.0 Å². The molecule has 2 saturated carbocycles. The Morgan fingerprint density at radius 3 is 1.97 bits per heavy atom. The van der Waals surface area contributed by atoms with Gasteiger partial charge >= 0.3 is 6.18 Å². The first kappa shape index (κ1) is 28.5. The number of allylic oxidation sites excluding steroid dienone is 1. The van der Waals surface area contributed by atoms with Gasteiger partial charge in [-0.25, -0.2) is 8.78 Å². The zero-order valence-electron chi connectivity index (χ0n) is 21.9. The Kier molecular flexibility index (Phi) is 10.1. The van der Waals surface area contributed by atoms with Crippen LogP contribution in [0, 0.1) is 29.5 Å². The van der Waals surface area contributed by atoms with E-state index >= 15 is 0 Å². The summed E-state index contributed by atoms with van der Waals surface area (Å²) in [5, 5.41) is 0. The number of ether oxygens (including phenoxy) is 2. The standard InChI is InChI=1S/C30H41F5O2/c1-2-3-4-5-20-6-15-26(27(31)16-20)24-13-11-22(12-14-24)21-7-9-23(10-8-21)25-18-36-29(37-19-25)28(32)17-30(33,34)35/h6,15-17,21-25,29H,2-5,7-14,18-19H2,1H3/b28-17-. The van der Waals surface area contributed by atoms with Gasteiger partial charge in [-0.1, -0.05) is 31.9 Å². The van der Waals surface area contributed by atoms with Crippen molar-refractivity contribution in [3.63, 3.8) is 0 Å². The number of benzene rings is 1. The average molecular weight is 529 g/mol. The van der Waals surface area contributed by atoms with Gasteiger partial charge < -0.3 is 9.47 Å². The molecule has 4 rings (SSSR count). The summed E-state index contributed by atoms with van der Waals surface area (Å²) in [5.41, 5.74) is 1.99. The second kappa shape index (κ2) is 13.1. The third-order valence-corrected chi connectivity index (χ3v) is 8.95. The van der Waals surface area contributed by atoms with Crippen molar-refractivity contribution < 1.29 is 31.4 Å². The molecule has 37 heavy (non-hydrogen) atoms. The highest BCUT2D eigenvalue weighted by molar-refractivity contribution is 5.28. The number of hydrogen-bond donors (Lipinski definition) is 0. The average Bonchev–Trinajstić information content (AvgIpc) is 2.88. The van der Waals surface area contributed by atoms with E-state index in [9.17, 15) is 22.0 Å². The molecule has 0 atom stereocenters. The number of aryl methyl sites for hydroxylation is 1. The van der Waals surface area contributed by atoms with Crippen molar-refractivity contribution in [1.29, 1.82) is 0 Å². The minimum Gasteiger partial charge on any atom is -0.346 e. The van der Waals surface area contributed by atoms with Crippen molar-refractivity contribution in [2.75, 3.05) is 13.2 Å². The molecule has 7 heteroatoms. The van der Waals surface area contributed by atoms with E-state index in [1.165, 1.54) is 12.8 Å². The Bertz CT molecular complexity index is 874. The van der Waals surface area contributed by atoms with Crippen molar-refractivity contribution in [2.45, 2.75) is 102 Å². The molecule has 1 aliphatic heterocycles. The molecule has 1 aromatic carbocycles. The third kappa shape index (κ3) is 8.01. The summed E-state index contributed by atoms with van der Waals surface area (Å²) in [6, 6.07) is 5.89. The lowest BCUT2D eigenvalue weighted by Gasteiger charge is -2.41. The number of alkyl halides is 3. The van der Waals surface area contributed by atoms with Gasteiger partial charge in [0.05, 0.1) is 19.3 Å². The first-order valence-electron chi connectivity index (χ1n) is 14.2. The fourth-order valence-corrected chi connectivity index (χ4v) is 6.80. The van der Waals surface area contributed by atoms with Crippen LogP contribution in [0.1, 0.15) is 94.6 Å². The maximum absolute atomic E-state index is 14.9. The second-order valence-corrected chi connectivity index (χ2v) is 11.4. The van der Waals surface area contributed by atoms with Gasteiger partial charge in [0.2, 0.25) is 6.29 Å². The maximum atomic E-state index is 14.9. The van der Waals surface area contributed by atoms with E-state index in [0.29, 0.717) is 23.7 Å². The Hall–Kier alpha value is -1.47. The van der Waals surface area contributed by atoms with Gasteiger partial charge in [-0.15, -0.1) is 0 Å². The van der Waals surface area contributed by atoms with E-state index in [1.807, 2.05) is 6.07 Å². The zero-order valence-corrected chi connectivity index (χ0v) is 21.9. The highest BCUT2D eigenvalue weighted by Gasteiger charge is 2.37. The molecule has 0 amide bonds. The van der Waals surface area contributed by atoms with Crippen molar-refractivity contribution in [3.05, 3.63) is 47.0 Å². The van der Waals surface area contributed by atoms with Crippen LogP contribution < -0.4 is 0 Å². The number of unbranched alkanes of at least 4 members (excludes halogenated alkanes) is 2. The Balaban J connectivity index is 1.19. The molecule has 0 aromatic heterocycles. The van der Waals surface area contributed by atoms with Gasteiger partial charge in [0, 0.05) is 5.92 Å². The molecular weight excluding hydrogens is 487 g/mol. The lowest BCUT2D eigenvalue weighted by molar-refractivity contribution is -0.200. The predicted octanol–water partition coefficient (Wildman–Crippen LogP) is 9.04. The number of hydrogen-bond acceptors (Lipinski definition) is 2. The number of rotatable bonds is 8. The quantitative estimate of drug-likeness (QED) is 0.248. The molecule has 2 aliphatic carbocycles. The monoisotopic (exact) mass is 528 g/mol. The largest absolute Gasteiger partial charge is 0.412 e. The SMILES string of the molecule is CCCCCc1ccc(C2CCC(C3CCC(C4COC(/C(F)=C/C(F)(F)F)OC4)CC3)CC2)c(F)c1. The molecule has 1 saturated heterocycles. The summed E-state index contributed by atoms with van der Waals surface area (Å²) in [6.45, 7) is 2.64. The second-order valence-electron chi connectivity index (χ2n) is 11.4. The van der Waals surface area contributed by atoms with E-state index < -0.39 is 24.4 Å². The first-order valence-corrected chi connectivity index (χ1v) is 14.2. The van der Waals surface area contributed by atoms with E-state index in [-0.39, 0.29) is 24.9 Å².